The Bertz CT molecular complexity index is 591. The third-order valence-electron chi connectivity index (χ3n) is 2.09. The SMILES string of the molecule is N#Cc1ccc(Nc2ncncc2N)c(Cl)c1. The van der Waals surface area contributed by atoms with Crippen LogP contribution in [0.2, 0.25) is 5.02 Å². The smallest absolute Gasteiger partial charge is 0.157 e. The van der Waals surface area contributed by atoms with Crippen molar-refractivity contribution in [1.82, 2.24) is 9.97 Å². The van der Waals surface area contributed by atoms with Crippen molar-refractivity contribution in [2.45, 2.75) is 0 Å². The number of benzene rings is 1. The van der Waals surface area contributed by atoms with Crippen LogP contribution < -0.4 is 11.1 Å². The number of nitrogens with one attached hydrogen (secondary N) is 1. The zero-order valence-electron chi connectivity index (χ0n) is 8.68. The topological polar surface area (TPSA) is 87.6 Å². The Morgan fingerprint density at radius 2 is 2.24 bits per heavy atom. The second-order valence-corrected chi connectivity index (χ2v) is 3.67. The summed E-state index contributed by atoms with van der Waals surface area (Å²) in [5, 5.41) is 12.1. The minimum absolute atomic E-state index is 0.424. The molecule has 0 unspecified atom stereocenters. The van der Waals surface area contributed by atoms with Crippen LogP contribution in [0.5, 0.6) is 0 Å². The molecule has 2 rings (SSSR count). The number of rotatable bonds is 2. The highest BCUT2D eigenvalue weighted by atomic mass is 35.5. The summed E-state index contributed by atoms with van der Waals surface area (Å²) in [6.07, 6.45) is 2.88. The van der Waals surface area contributed by atoms with E-state index in [1.807, 2.05) is 6.07 Å². The van der Waals surface area contributed by atoms with Gasteiger partial charge >= 0.3 is 0 Å². The Hall–Kier alpha value is -2.32. The van der Waals surface area contributed by atoms with Crippen molar-refractivity contribution >= 4 is 28.8 Å². The first-order valence-corrected chi connectivity index (χ1v) is 5.10. The summed E-state index contributed by atoms with van der Waals surface area (Å²) in [4.78, 5) is 7.77. The van der Waals surface area contributed by atoms with E-state index < -0.39 is 0 Å². The summed E-state index contributed by atoms with van der Waals surface area (Å²) in [5.41, 5.74) is 7.25. The van der Waals surface area contributed by atoms with Gasteiger partial charge in [0.05, 0.1) is 34.2 Å². The first kappa shape index (κ1) is 11.2. The molecule has 0 aliphatic rings. The van der Waals surface area contributed by atoms with E-state index in [0.29, 0.717) is 27.8 Å². The molecule has 0 saturated carbocycles. The van der Waals surface area contributed by atoms with E-state index in [0.717, 1.165) is 0 Å². The van der Waals surface area contributed by atoms with Crippen LogP contribution in [0.1, 0.15) is 5.56 Å². The van der Waals surface area contributed by atoms with Gasteiger partial charge in [-0.05, 0) is 18.2 Å². The summed E-state index contributed by atoms with van der Waals surface area (Å²) >= 11 is 6.01. The van der Waals surface area contributed by atoms with Gasteiger partial charge in [-0.15, -0.1) is 0 Å². The second-order valence-electron chi connectivity index (χ2n) is 3.26. The molecule has 2 aromatic rings. The Morgan fingerprint density at radius 1 is 1.41 bits per heavy atom. The molecular weight excluding hydrogens is 238 g/mol. The molecule has 0 aliphatic heterocycles. The van der Waals surface area contributed by atoms with Crippen molar-refractivity contribution in [1.29, 1.82) is 5.26 Å². The van der Waals surface area contributed by atoms with E-state index in [9.17, 15) is 0 Å². The zero-order chi connectivity index (χ0) is 12.3. The maximum absolute atomic E-state index is 8.72. The number of nitrogen functional groups attached to an aromatic ring is 1. The van der Waals surface area contributed by atoms with Crippen molar-refractivity contribution in [3.05, 3.63) is 41.3 Å². The zero-order valence-corrected chi connectivity index (χ0v) is 9.44. The van der Waals surface area contributed by atoms with Crippen molar-refractivity contribution in [3.8, 4) is 6.07 Å². The molecule has 0 bridgehead atoms. The average Bonchev–Trinajstić information content (AvgIpc) is 2.34. The number of halogens is 1. The van der Waals surface area contributed by atoms with E-state index >= 15 is 0 Å². The van der Waals surface area contributed by atoms with Gasteiger partial charge in [0.2, 0.25) is 0 Å². The lowest BCUT2D eigenvalue weighted by molar-refractivity contribution is 1.17. The summed E-state index contributed by atoms with van der Waals surface area (Å²) in [7, 11) is 0. The molecule has 0 spiro atoms. The fourth-order valence-corrected chi connectivity index (χ4v) is 1.49. The number of nitriles is 1. The van der Waals surface area contributed by atoms with Crippen LogP contribution in [0.25, 0.3) is 0 Å². The average molecular weight is 246 g/mol. The number of hydrogen-bond acceptors (Lipinski definition) is 5. The van der Waals surface area contributed by atoms with Gasteiger partial charge in [0.1, 0.15) is 6.33 Å². The van der Waals surface area contributed by atoms with Gasteiger partial charge in [-0.1, -0.05) is 11.6 Å². The Morgan fingerprint density at radius 3 is 2.88 bits per heavy atom. The predicted molar refractivity (Wildman–Crippen MR) is 65.9 cm³/mol. The molecule has 0 atom stereocenters. The molecule has 0 fully saturated rings. The van der Waals surface area contributed by atoms with E-state index in [2.05, 4.69) is 15.3 Å². The van der Waals surface area contributed by atoms with Crippen molar-refractivity contribution < 1.29 is 0 Å². The highest BCUT2D eigenvalue weighted by Gasteiger charge is 2.05. The summed E-state index contributed by atoms with van der Waals surface area (Å²) in [5.74, 6) is 0.478. The number of aromatic nitrogens is 2. The van der Waals surface area contributed by atoms with Crippen LogP contribution in [-0.4, -0.2) is 9.97 Å². The Labute approximate surface area is 103 Å². The molecule has 1 aromatic carbocycles. The lowest BCUT2D eigenvalue weighted by atomic mass is 10.2. The summed E-state index contributed by atoms with van der Waals surface area (Å²) in [6, 6.07) is 6.93. The van der Waals surface area contributed by atoms with E-state index in [4.69, 9.17) is 22.6 Å². The van der Waals surface area contributed by atoms with Gasteiger partial charge in [-0.2, -0.15) is 5.26 Å². The number of anilines is 3. The molecule has 0 aliphatic carbocycles. The molecular formula is C11H8ClN5. The van der Waals surface area contributed by atoms with Gasteiger partial charge in [0.25, 0.3) is 0 Å². The summed E-state index contributed by atoms with van der Waals surface area (Å²) < 4.78 is 0. The lowest BCUT2D eigenvalue weighted by Gasteiger charge is -2.08. The molecule has 3 N–H and O–H groups in total. The van der Waals surface area contributed by atoms with Gasteiger partial charge in [-0.3, -0.25) is 0 Å². The Balaban J connectivity index is 2.32. The largest absolute Gasteiger partial charge is 0.394 e. The molecule has 6 heteroatoms. The molecule has 1 aromatic heterocycles. The maximum atomic E-state index is 8.72. The lowest BCUT2D eigenvalue weighted by Crippen LogP contribution is -2.00. The van der Waals surface area contributed by atoms with E-state index in [1.54, 1.807) is 18.2 Å². The first-order valence-electron chi connectivity index (χ1n) is 4.73. The second kappa shape index (κ2) is 4.68. The third kappa shape index (κ3) is 2.44. The van der Waals surface area contributed by atoms with Gasteiger partial charge in [0, 0.05) is 0 Å². The maximum Gasteiger partial charge on any atom is 0.157 e. The Kier molecular flexibility index (Phi) is 3.08. The van der Waals surface area contributed by atoms with Crippen molar-refractivity contribution in [3.63, 3.8) is 0 Å². The molecule has 0 saturated heterocycles. The standard InChI is InChI=1S/C11H8ClN5/c12-8-3-7(4-13)1-2-10(8)17-11-9(14)5-15-6-16-11/h1-3,5-6H,14H2,(H,15,16,17). The highest BCUT2D eigenvalue weighted by molar-refractivity contribution is 6.33. The molecule has 0 amide bonds. The minimum Gasteiger partial charge on any atom is -0.394 e. The third-order valence-corrected chi connectivity index (χ3v) is 2.40. The first-order chi connectivity index (χ1) is 8.20. The van der Waals surface area contributed by atoms with Crippen molar-refractivity contribution in [2.75, 3.05) is 11.1 Å². The van der Waals surface area contributed by atoms with Gasteiger partial charge in [0.15, 0.2) is 5.82 Å². The van der Waals surface area contributed by atoms with E-state index in [1.165, 1.54) is 12.5 Å². The quantitative estimate of drug-likeness (QED) is 0.848. The van der Waals surface area contributed by atoms with Crippen LogP contribution in [0.4, 0.5) is 17.2 Å². The number of hydrogen-bond donors (Lipinski definition) is 2. The molecule has 5 nitrogen and oxygen atoms in total. The highest BCUT2D eigenvalue weighted by Crippen LogP contribution is 2.27. The molecule has 1 heterocycles. The number of nitrogens with zero attached hydrogens (tertiary/aromatic N) is 3. The van der Waals surface area contributed by atoms with Crippen LogP contribution in [-0.2, 0) is 0 Å². The van der Waals surface area contributed by atoms with Crippen LogP contribution in [0.15, 0.2) is 30.7 Å². The summed E-state index contributed by atoms with van der Waals surface area (Å²) in [6.45, 7) is 0. The van der Waals surface area contributed by atoms with E-state index in [-0.39, 0.29) is 0 Å². The van der Waals surface area contributed by atoms with Gasteiger partial charge in [-0.25, -0.2) is 9.97 Å². The van der Waals surface area contributed by atoms with Crippen molar-refractivity contribution in [2.24, 2.45) is 0 Å². The van der Waals surface area contributed by atoms with Crippen LogP contribution >= 0.6 is 11.6 Å². The molecule has 84 valence electrons. The fraction of sp³-hybridized carbons (Fsp3) is 0. The minimum atomic E-state index is 0.424. The molecule has 0 radical (unpaired) electrons. The van der Waals surface area contributed by atoms with Gasteiger partial charge < -0.3 is 11.1 Å². The monoisotopic (exact) mass is 245 g/mol. The predicted octanol–water partition coefficient (Wildman–Crippen LogP) is 2.33. The number of nitrogens with two attached hydrogens (primary N) is 1. The van der Waals surface area contributed by atoms with Crippen LogP contribution in [0.3, 0.4) is 0 Å². The van der Waals surface area contributed by atoms with Crippen LogP contribution in [0, 0.1) is 11.3 Å². The molecule has 17 heavy (non-hydrogen) atoms. The fourth-order valence-electron chi connectivity index (χ4n) is 1.26. The normalized spacial score (nSPS) is 9.65.